The highest BCUT2D eigenvalue weighted by molar-refractivity contribution is 9.10. The summed E-state index contributed by atoms with van der Waals surface area (Å²) >= 11 is 3.44. The van der Waals surface area contributed by atoms with Crippen LogP contribution in [0.3, 0.4) is 0 Å². The molecule has 88 valence electrons. The number of benzene rings is 1. The molecule has 1 saturated heterocycles. The Balaban J connectivity index is 2.08. The molecular formula is C13H18BrNO. The zero-order valence-corrected chi connectivity index (χ0v) is 11.0. The molecule has 0 atom stereocenters. The van der Waals surface area contributed by atoms with E-state index in [-0.39, 0.29) is 5.41 Å². The Morgan fingerprint density at radius 1 is 1.19 bits per heavy atom. The van der Waals surface area contributed by atoms with E-state index < -0.39 is 0 Å². The van der Waals surface area contributed by atoms with Gasteiger partial charge in [-0.1, -0.05) is 28.1 Å². The second kappa shape index (κ2) is 5.30. The molecule has 1 aliphatic heterocycles. The van der Waals surface area contributed by atoms with E-state index in [0.717, 1.165) is 36.8 Å². The van der Waals surface area contributed by atoms with Crippen molar-refractivity contribution in [2.24, 2.45) is 5.41 Å². The average Bonchev–Trinajstić information content (AvgIpc) is 2.33. The Labute approximate surface area is 105 Å². The quantitative estimate of drug-likeness (QED) is 0.893. The van der Waals surface area contributed by atoms with Crippen molar-refractivity contribution in [1.29, 1.82) is 0 Å². The van der Waals surface area contributed by atoms with Crippen LogP contribution in [-0.2, 0) is 6.42 Å². The largest absolute Gasteiger partial charge is 0.396 e. The van der Waals surface area contributed by atoms with Gasteiger partial charge in [-0.3, -0.25) is 0 Å². The van der Waals surface area contributed by atoms with Crippen LogP contribution in [0.15, 0.2) is 28.7 Å². The van der Waals surface area contributed by atoms with Gasteiger partial charge < -0.3 is 10.4 Å². The highest BCUT2D eigenvalue weighted by Gasteiger charge is 2.31. The van der Waals surface area contributed by atoms with Crippen LogP contribution < -0.4 is 5.32 Å². The molecule has 1 aromatic carbocycles. The molecule has 0 amide bonds. The normalized spacial score (nSPS) is 19.6. The van der Waals surface area contributed by atoms with Crippen molar-refractivity contribution in [2.45, 2.75) is 19.3 Å². The van der Waals surface area contributed by atoms with Crippen LogP contribution >= 0.6 is 15.9 Å². The summed E-state index contributed by atoms with van der Waals surface area (Å²) in [5.74, 6) is 0. The Morgan fingerprint density at radius 2 is 1.81 bits per heavy atom. The Bertz CT molecular complexity index is 330. The lowest BCUT2D eigenvalue weighted by Crippen LogP contribution is -2.40. The summed E-state index contributed by atoms with van der Waals surface area (Å²) < 4.78 is 1.11. The molecule has 0 saturated carbocycles. The van der Waals surface area contributed by atoms with E-state index in [0.29, 0.717) is 6.61 Å². The van der Waals surface area contributed by atoms with Gasteiger partial charge in [0.15, 0.2) is 0 Å². The third-order valence-corrected chi connectivity index (χ3v) is 4.02. The monoisotopic (exact) mass is 283 g/mol. The van der Waals surface area contributed by atoms with Crippen molar-refractivity contribution in [1.82, 2.24) is 5.32 Å². The molecule has 1 aliphatic rings. The number of hydrogen-bond acceptors (Lipinski definition) is 2. The summed E-state index contributed by atoms with van der Waals surface area (Å²) in [7, 11) is 0. The summed E-state index contributed by atoms with van der Waals surface area (Å²) in [5, 5.41) is 13.0. The van der Waals surface area contributed by atoms with E-state index in [9.17, 15) is 5.11 Å². The molecule has 1 fully saturated rings. The fourth-order valence-electron chi connectivity index (χ4n) is 2.38. The number of halogens is 1. The number of nitrogens with one attached hydrogen (secondary N) is 1. The summed E-state index contributed by atoms with van der Waals surface area (Å²) in [6, 6.07) is 8.43. The minimum Gasteiger partial charge on any atom is -0.396 e. The molecule has 1 heterocycles. The van der Waals surface area contributed by atoms with E-state index in [1.54, 1.807) is 0 Å². The Morgan fingerprint density at radius 3 is 2.38 bits per heavy atom. The van der Waals surface area contributed by atoms with Crippen LogP contribution in [0, 0.1) is 5.41 Å². The van der Waals surface area contributed by atoms with Crippen LogP contribution in [0.1, 0.15) is 18.4 Å². The fourth-order valence-corrected chi connectivity index (χ4v) is 2.65. The van der Waals surface area contributed by atoms with Gasteiger partial charge in [0.2, 0.25) is 0 Å². The van der Waals surface area contributed by atoms with Crippen LogP contribution in [0.5, 0.6) is 0 Å². The predicted molar refractivity (Wildman–Crippen MR) is 69.5 cm³/mol. The average molecular weight is 284 g/mol. The first kappa shape index (κ1) is 12.1. The third kappa shape index (κ3) is 2.84. The Hall–Kier alpha value is -0.380. The number of rotatable bonds is 3. The fraction of sp³-hybridized carbons (Fsp3) is 0.538. The molecule has 0 aliphatic carbocycles. The van der Waals surface area contributed by atoms with Gasteiger partial charge >= 0.3 is 0 Å². The van der Waals surface area contributed by atoms with Crippen LogP contribution in [0.4, 0.5) is 0 Å². The second-order valence-corrected chi connectivity index (χ2v) is 5.63. The van der Waals surface area contributed by atoms with Crippen molar-refractivity contribution in [2.75, 3.05) is 19.7 Å². The molecule has 0 unspecified atom stereocenters. The van der Waals surface area contributed by atoms with Gasteiger partial charge in [0.1, 0.15) is 0 Å². The first-order chi connectivity index (χ1) is 7.74. The maximum Gasteiger partial charge on any atom is 0.0491 e. The lowest BCUT2D eigenvalue weighted by molar-refractivity contribution is 0.0893. The Kier molecular flexibility index (Phi) is 4.00. The van der Waals surface area contributed by atoms with E-state index in [1.165, 1.54) is 5.56 Å². The molecule has 16 heavy (non-hydrogen) atoms. The highest BCUT2D eigenvalue weighted by Crippen LogP contribution is 2.32. The van der Waals surface area contributed by atoms with Crippen molar-refractivity contribution in [3.63, 3.8) is 0 Å². The number of aliphatic hydroxyl groups excluding tert-OH is 1. The summed E-state index contributed by atoms with van der Waals surface area (Å²) in [6.45, 7) is 2.35. The molecule has 2 N–H and O–H groups in total. The third-order valence-electron chi connectivity index (χ3n) is 3.49. The van der Waals surface area contributed by atoms with Crippen molar-refractivity contribution >= 4 is 15.9 Å². The van der Waals surface area contributed by atoms with E-state index in [4.69, 9.17) is 0 Å². The molecule has 0 radical (unpaired) electrons. The number of piperidine rings is 1. The maximum atomic E-state index is 9.62. The van der Waals surface area contributed by atoms with E-state index in [2.05, 4.69) is 45.5 Å². The first-order valence-corrected chi connectivity index (χ1v) is 6.59. The van der Waals surface area contributed by atoms with Gasteiger partial charge in [-0.05, 0) is 55.5 Å². The smallest absolute Gasteiger partial charge is 0.0491 e. The van der Waals surface area contributed by atoms with E-state index >= 15 is 0 Å². The van der Waals surface area contributed by atoms with Crippen molar-refractivity contribution < 1.29 is 5.11 Å². The van der Waals surface area contributed by atoms with Crippen LogP contribution in [-0.4, -0.2) is 24.8 Å². The summed E-state index contributed by atoms with van der Waals surface area (Å²) in [6.07, 6.45) is 3.12. The SMILES string of the molecule is OCC1(Cc2ccc(Br)cc2)CCNCC1. The van der Waals surface area contributed by atoms with Gasteiger partial charge in [-0.2, -0.15) is 0 Å². The summed E-state index contributed by atoms with van der Waals surface area (Å²) in [4.78, 5) is 0. The minimum absolute atomic E-state index is 0.0963. The van der Waals surface area contributed by atoms with Crippen molar-refractivity contribution in [3.8, 4) is 0 Å². The second-order valence-electron chi connectivity index (χ2n) is 4.71. The van der Waals surface area contributed by atoms with Gasteiger partial charge in [0.05, 0.1) is 0 Å². The van der Waals surface area contributed by atoms with E-state index in [1.807, 2.05) is 0 Å². The molecule has 3 heteroatoms. The standard InChI is InChI=1S/C13H18BrNO/c14-12-3-1-11(2-4-12)9-13(10-16)5-7-15-8-6-13/h1-4,15-16H,5-10H2. The van der Waals surface area contributed by atoms with Crippen LogP contribution in [0.2, 0.25) is 0 Å². The lowest BCUT2D eigenvalue weighted by atomic mass is 9.75. The molecule has 2 nitrogen and oxygen atoms in total. The minimum atomic E-state index is 0.0963. The van der Waals surface area contributed by atoms with Gasteiger partial charge in [0.25, 0.3) is 0 Å². The number of hydrogen-bond donors (Lipinski definition) is 2. The summed E-state index contributed by atoms with van der Waals surface area (Å²) in [5.41, 5.74) is 1.41. The molecule has 0 aromatic heterocycles. The molecule has 0 spiro atoms. The zero-order chi connectivity index (χ0) is 11.4. The first-order valence-electron chi connectivity index (χ1n) is 5.80. The van der Waals surface area contributed by atoms with Crippen LogP contribution in [0.25, 0.3) is 0 Å². The van der Waals surface area contributed by atoms with Gasteiger partial charge in [0, 0.05) is 11.1 Å². The van der Waals surface area contributed by atoms with Gasteiger partial charge in [-0.15, -0.1) is 0 Å². The number of aliphatic hydroxyl groups is 1. The topological polar surface area (TPSA) is 32.3 Å². The lowest BCUT2D eigenvalue weighted by Gasteiger charge is -2.36. The maximum absolute atomic E-state index is 9.62. The zero-order valence-electron chi connectivity index (χ0n) is 9.38. The predicted octanol–water partition coefficient (Wildman–Crippen LogP) is 2.35. The molecular weight excluding hydrogens is 266 g/mol. The molecule has 0 bridgehead atoms. The van der Waals surface area contributed by atoms with Gasteiger partial charge in [-0.25, -0.2) is 0 Å². The molecule has 1 aromatic rings. The highest BCUT2D eigenvalue weighted by atomic mass is 79.9. The van der Waals surface area contributed by atoms with Crippen molar-refractivity contribution in [3.05, 3.63) is 34.3 Å². The molecule has 2 rings (SSSR count).